The summed E-state index contributed by atoms with van der Waals surface area (Å²) in [4.78, 5) is 22.8. The average molecular weight is 273 g/mol. The third-order valence-electron chi connectivity index (χ3n) is 3.11. The summed E-state index contributed by atoms with van der Waals surface area (Å²) in [6.45, 7) is 1.39. The van der Waals surface area contributed by atoms with Crippen molar-refractivity contribution in [3.63, 3.8) is 0 Å². The molecular weight excluding hydrogens is 258 g/mol. The van der Waals surface area contributed by atoms with E-state index in [9.17, 15) is 4.79 Å². The zero-order chi connectivity index (χ0) is 13.1. The topological polar surface area (TPSA) is 45.0 Å². The van der Waals surface area contributed by atoms with Gasteiger partial charge in [0.05, 0.1) is 13.0 Å². The molecule has 0 unspecified atom stereocenters. The molecule has 3 rings (SSSR count). The van der Waals surface area contributed by atoms with Crippen LogP contribution >= 0.6 is 11.8 Å². The Balaban J connectivity index is 1.76. The summed E-state index contributed by atoms with van der Waals surface area (Å²) >= 11 is 1.65. The molecule has 2 aliphatic heterocycles. The smallest absolute Gasteiger partial charge is 0.236 e. The molecule has 19 heavy (non-hydrogen) atoms. The van der Waals surface area contributed by atoms with Crippen molar-refractivity contribution in [3.8, 4) is 0 Å². The maximum Gasteiger partial charge on any atom is 0.236 e. The van der Waals surface area contributed by atoms with Gasteiger partial charge in [-0.1, -0.05) is 42.1 Å². The Labute approximate surface area is 116 Å². The number of fused-ring (bicyclic) bond motifs is 1. The van der Waals surface area contributed by atoms with Crippen LogP contribution in [0.2, 0.25) is 0 Å². The van der Waals surface area contributed by atoms with E-state index < -0.39 is 0 Å². The van der Waals surface area contributed by atoms with Gasteiger partial charge in [-0.15, -0.1) is 0 Å². The standard InChI is InChI=1S/C14H15N3OS/c18-13-9-12(15-10-11-5-2-1-3-6-11)16-14-17(13)7-4-8-19-14/h1-3,5-6H,4,7-10H2. The monoisotopic (exact) mass is 273 g/mol. The molecule has 0 aliphatic carbocycles. The lowest BCUT2D eigenvalue weighted by atomic mass is 10.2. The van der Waals surface area contributed by atoms with Crippen LogP contribution in [-0.2, 0) is 11.3 Å². The van der Waals surface area contributed by atoms with Gasteiger partial charge in [-0.3, -0.25) is 14.7 Å². The van der Waals surface area contributed by atoms with Gasteiger partial charge in [0.2, 0.25) is 5.91 Å². The maximum atomic E-state index is 12.0. The van der Waals surface area contributed by atoms with Crippen LogP contribution < -0.4 is 0 Å². The Hall–Kier alpha value is -1.62. The van der Waals surface area contributed by atoms with E-state index in [-0.39, 0.29) is 5.91 Å². The van der Waals surface area contributed by atoms with Gasteiger partial charge in [-0.05, 0) is 12.0 Å². The highest BCUT2D eigenvalue weighted by Crippen LogP contribution is 2.22. The molecule has 4 nitrogen and oxygen atoms in total. The SMILES string of the molecule is O=C1CC(=NCc2ccccc2)N=C2SCCCN12. The number of benzene rings is 1. The summed E-state index contributed by atoms with van der Waals surface area (Å²) in [6, 6.07) is 10.0. The quantitative estimate of drug-likeness (QED) is 0.830. The molecule has 0 radical (unpaired) electrons. The first-order valence-corrected chi connectivity index (χ1v) is 7.40. The average Bonchev–Trinajstić information content (AvgIpc) is 2.46. The van der Waals surface area contributed by atoms with E-state index in [0.717, 1.165) is 29.4 Å². The third-order valence-corrected chi connectivity index (χ3v) is 4.17. The van der Waals surface area contributed by atoms with E-state index in [1.54, 1.807) is 16.7 Å². The predicted molar refractivity (Wildman–Crippen MR) is 78.4 cm³/mol. The largest absolute Gasteiger partial charge is 0.291 e. The predicted octanol–water partition coefficient (Wildman–Crippen LogP) is 2.31. The number of carbonyl (C=O) groups is 1. The van der Waals surface area contributed by atoms with E-state index >= 15 is 0 Å². The highest BCUT2D eigenvalue weighted by atomic mass is 32.2. The summed E-state index contributed by atoms with van der Waals surface area (Å²) < 4.78 is 0. The summed E-state index contributed by atoms with van der Waals surface area (Å²) in [7, 11) is 0. The van der Waals surface area contributed by atoms with E-state index in [4.69, 9.17) is 0 Å². The van der Waals surface area contributed by atoms with Gasteiger partial charge in [0.1, 0.15) is 5.84 Å². The van der Waals surface area contributed by atoms with E-state index in [1.807, 2.05) is 30.3 Å². The first-order chi connectivity index (χ1) is 9.33. The molecule has 2 heterocycles. The fourth-order valence-corrected chi connectivity index (χ4v) is 3.10. The van der Waals surface area contributed by atoms with Crippen LogP contribution in [0.4, 0.5) is 0 Å². The number of aliphatic imine (C=N–C) groups is 2. The van der Waals surface area contributed by atoms with Crippen LogP contribution in [0.1, 0.15) is 18.4 Å². The van der Waals surface area contributed by atoms with E-state index in [1.165, 1.54) is 0 Å². The molecular formula is C14H15N3OS. The Morgan fingerprint density at radius 2 is 2.16 bits per heavy atom. The number of rotatable bonds is 2. The molecule has 2 aliphatic rings. The molecule has 5 heteroatoms. The Kier molecular flexibility index (Phi) is 3.64. The van der Waals surface area contributed by atoms with Gasteiger partial charge in [-0.25, -0.2) is 4.99 Å². The van der Waals surface area contributed by atoms with Gasteiger partial charge >= 0.3 is 0 Å². The van der Waals surface area contributed by atoms with Gasteiger partial charge in [0, 0.05) is 12.3 Å². The molecule has 0 N–H and O–H groups in total. The lowest BCUT2D eigenvalue weighted by Gasteiger charge is -2.30. The number of amidine groups is 2. The van der Waals surface area contributed by atoms with Gasteiger partial charge in [0.25, 0.3) is 0 Å². The number of hydrogen-bond donors (Lipinski definition) is 0. The summed E-state index contributed by atoms with van der Waals surface area (Å²) in [5.41, 5.74) is 1.14. The Morgan fingerprint density at radius 3 is 3.00 bits per heavy atom. The van der Waals surface area contributed by atoms with Crippen LogP contribution in [0.15, 0.2) is 40.3 Å². The van der Waals surface area contributed by atoms with Crippen LogP contribution in [0.5, 0.6) is 0 Å². The van der Waals surface area contributed by atoms with Crippen LogP contribution in [-0.4, -0.2) is 34.1 Å². The molecule has 0 spiro atoms. The zero-order valence-electron chi connectivity index (χ0n) is 10.6. The van der Waals surface area contributed by atoms with Crippen molar-refractivity contribution in [2.24, 2.45) is 9.98 Å². The molecule has 1 amide bonds. The molecule has 0 saturated carbocycles. The second-order valence-electron chi connectivity index (χ2n) is 4.54. The Bertz CT molecular complexity index is 539. The number of nitrogens with zero attached hydrogens (tertiary/aromatic N) is 3. The first kappa shape index (κ1) is 12.4. The van der Waals surface area contributed by atoms with Crippen molar-refractivity contribution in [3.05, 3.63) is 35.9 Å². The second-order valence-corrected chi connectivity index (χ2v) is 5.60. The van der Waals surface area contributed by atoms with Crippen molar-refractivity contribution >= 4 is 28.7 Å². The summed E-state index contributed by atoms with van der Waals surface area (Å²) in [5.74, 6) is 1.83. The number of carbonyl (C=O) groups excluding carboxylic acids is 1. The molecule has 1 saturated heterocycles. The van der Waals surface area contributed by atoms with E-state index in [2.05, 4.69) is 9.98 Å². The summed E-state index contributed by atoms with van der Waals surface area (Å²) in [6.07, 6.45) is 1.38. The van der Waals surface area contributed by atoms with Crippen molar-refractivity contribution in [1.29, 1.82) is 0 Å². The molecule has 1 aromatic rings. The van der Waals surface area contributed by atoms with Crippen molar-refractivity contribution in [1.82, 2.24) is 4.90 Å². The van der Waals surface area contributed by atoms with Crippen molar-refractivity contribution in [2.45, 2.75) is 19.4 Å². The number of thioether (sulfide) groups is 1. The van der Waals surface area contributed by atoms with E-state index in [0.29, 0.717) is 18.8 Å². The fraction of sp³-hybridized carbons (Fsp3) is 0.357. The van der Waals surface area contributed by atoms with Crippen molar-refractivity contribution < 1.29 is 4.79 Å². The molecule has 0 aromatic heterocycles. The van der Waals surface area contributed by atoms with Crippen LogP contribution in [0.3, 0.4) is 0 Å². The van der Waals surface area contributed by atoms with Crippen LogP contribution in [0.25, 0.3) is 0 Å². The van der Waals surface area contributed by atoms with Gasteiger partial charge in [-0.2, -0.15) is 0 Å². The highest BCUT2D eigenvalue weighted by molar-refractivity contribution is 8.13. The minimum Gasteiger partial charge on any atom is -0.291 e. The highest BCUT2D eigenvalue weighted by Gasteiger charge is 2.28. The normalized spacial score (nSPS) is 21.3. The number of hydrogen-bond acceptors (Lipinski definition) is 3. The second kappa shape index (κ2) is 5.57. The summed E-state index contributed by atoms with van der Waals surface area (Å²) in [5, 5.41) is 0.828. The zero-order valence-corrected chi connectivity index (χ0v) is 11.4. The van der Waals surface area contributed by atoms with Crippen molar-refractivity contribution in [2.75, 3.05) is 12.3 Å². The van der Waals surface area contributed by atoms with Crippen LogP contribution in [0, 0.1) is 0 Å². The molecule has 1 aromatic carbocycles. The minimum absolute atomic E-state index is 0.129. The molecule has 98 valence electrons. The molecule has 0 bridgehead atoms. The Morgan fingerprint density at radius 1 is 1.32 bits per heavy atom. The fourth-order valence-electron chi connectivity index (χ4n) is 2.12. The third kappa shape index (κ3) is 2.87. The van der Waals surface area contributed by atoms with Gasteiger partial charge < -0.3 is 0 Å². The van der Waals surface area contributed by atoms with Gasteiger partial charge in [0.15, 0.2) is 5.17 Å². The lowest BCUT2D eigenvalue weighted by molar-refractivity contribution is -0.126. The first-order valence-electron chi connectivity index (χ1n) is 6.42. The molecule has 1 fully saturated rings. The lowest BCUT2D eigenvalue weighted by Crippen LogP contribution is -2.43. The maximum absolute atomic E-state index is 12.0. The number of amides is 1. The molecule has 0 atom stereocenters. The minimum atomic E-state index is 0.129.